The number of carbonyl (C=O) groups is 4. The van der Waals surface area contributed by atoms with Gasteiger partial charge in [0.25, 0.3) is 0 Å². The van der Waals surface area contributed by atoms with Crippen LogP contribution in [0.5, 0.6) is 0 Å². The van der Waals surface area contributed by atoms with Crippen LogP contribution in [0.15, 0.2) is 11.6 Å². The van der Waals surface area contributed by atoms with Gasteiger partial charge in [-0.25, -0.2) is 4.79 Å². The third kappa shape index (κ3) is 2.59. The van der Waals surface area contributed by atoms with Crippen molar-refractivity contribution in [3.8, 4) is 0 Å². The predicted molar refractivity (Wildman–Crippen MR) is 102 cm³/mol. The maximum atomic E-state index is 13.5. The van der Waals surface area contributed by atoms with Crippen molar-refractivity contribution in [2.75, 3.05) is 6.61 Å². The number of carboxylic acid groups (broad SMARTS) is 1. The maximum Gasteiger partial charge on any atom is 0.506 e. The number of aliphatic hydroxyl groups is 2. The molecule has 7 atom stereocenters. The SMILES string of the molecule is C[C@]12CC(=O)[C@H]3[C@@H](CCC4=CC(=O)CC(OC(=O)O)[C@@]43C)[C@@H]1CC[C@]2(O)C(=O)CO. The first-order valence-electron chi connectivity index (χ1n) is 10.5. The van der Waals surface area contributed by atoms with Gasteiger partial charge in [0, 0.05) is 29.6 Å². The van der Waals surface area contributed by atoms with Crippen LogP contribution in [0.25, 0.3) is 0 Å². The molecule has 0 aromatic rings. The van der Waals surface area contributed by atoms with Gasteiger partial charge in [-0.1, -0.05) is 19.4 Å². The van der Waals surface area contributed by atoms with Crippen LogP contribution >= 0.6 is 0 Å². The summed E-state index contributed by atoms with van der Waals surface area (Å²) in [5.41, 5.74) is -2.89. The number of rotatable bonds is 3. The Balaban J connectivity index is 1.78. The molecule has 164 valence electrons. The predicted octanol–water partition coefficient (Wildman–Crippen LogP) is 1.66. The molecule has 0 heterocycles. The molecule has 3 fully saturated rings. The van der Waals surface area contributed by atoms with E-state index in [0.29, 0.717) is 19.3 Å². The monoisotopic (exact) mass is 420 g/mol. The van der Waals surface area contributed by atoms with E-state index in [2.05, 4.69) is 0 Å². The molecule has 1 unspecified atom stereocenters. The maximum absolute atomic E-state index is 13.5. The van der Waals surface area contributed by atoms with Gasteiger partial charge in [-0.15, -0.1) is 0 Å². The molecule has 0 amide bonds. The number of carbonyl (C=O) groups excluding carboxylic acids is 3. The fourth-order valence-corrected chi connectivity index (χ4v) is 7.28. The van der Waals surface area contributed by atoms with E-state index in [4.69, 9.17) is 4.74 Å². The van der Waals surface area contributed by atoms with E-state index in [-0.39, 0.29) is 42.7 Å². The van der Waals surface area contributed by atoms with E-state index >= 15 is 0 Å². The van der Waals surface area contributed by atoms with Gasteiger partial charge < -0.3 is 20.1 Å². The Morgan fingerprint density at radius 1 is 1.23 bits per heavy atom. The molecule has 0 aliphatic heterocycles. The molecule has 8 nitrogen and oxygen atoms in total. The van der Waals surface area contributed by atoms with E-state index in [0.717, 1.165) is 5.57 Å². The molecule has 3 N–H and O–H groups in total. The van der Waals surface area contributed by atoms with Crippen molar-refractivity contribution in [2.45, 2.75) is 64.1 Å². The first-order valence-corrected chi connectivity index (χ1v) is 10.5. The molecule has 3 saturated carbocycles. The largest absolute Gasteiger partial charge is 0.506 e. The van der Waals surface area contributed by atoms with Gasteiger partial charge in [0.2, 0.25) is 0 Å². The van der Waals surface area contributed by atoms with Crippen LogP contribution in [0.1, 0.15) is 52.4 Å². The van der Waals surface area contributed by atoms with Crippen molar-refractivity contribution in [3.05, 3.63) is 11.6 Å². The minimum Gasteiger partial charge on any atom is -0.450 e. The Morgan fingerprint density at radius 3 is 2.57 bits per heavy atom. The second-order valence-corrected chi connectivity index (χ2v) is 9.82. The van der Waals surface area contributed by atoms with E-state index < -0.39 is 47.0 Å². The van der Waals surface area contributed by atoms with Crippen molar-refractivity contribution in [3.63, 3.8) is 0 Å². The highest BCUT2D eigenvalue weighted by Gasteiger charge is 2.69. The van der Waals surface area contributed by atoms with Gasteiger partial charge in [-0.05, 0) is 43.6 Å². The molecular formula is C22H28O8. The fraction of sp³-hybridized carbons (Fsp3) is 0.727. The van der Waals surface area contributed by atoms with E-state index in [1.54, 1.807) is 13.0 Å². The number of hydrogen-bond acceptors (Lipinski definition) is 7. The summed E-state index contributed by atoms with van der Waals surface area (Å²) in [6.45, 7) is 2.80. The zero-order valence-corrected chi connectivity index (χ0v) is 17.2. The lowest BCUT2D eigenvalue weighted by Crippen LogP contribution is -2.63. The molecule has 0 saturated heterocycles. The Hall–Kier alpha value is -2.06. The molecule has 0 spiro atoms. The Labute approximate surface area is 174 Å². The zero-order chi connectivity index (χ0) is 22.1. The summed E-state index contributed by atoms with van der Waals surface area (Å²) in [6.07, 6.45) is 0.887. The summed E-state index contributed by atoms with van der Waals surface area (Å²) < 4.78 is 5.13. The Morgan fingerprint density at radius 2 is 1.93 bits per heavy atom. The van der Waals surface area contributed by atoms with Crippen molar-refractivity contribution >= 4 is 23.5 Å². The number of ether oxygens (including phenoxy) is 1. The highest BCUT2D eigenvalue weighted by Crippen LogP contribution is 2.66. The number of aliphatic hydroxyl groups excluding tert-OH is 1. The normalized spacial score (nSPS) is 45.1. The Bertz CT molecular complexity index is 861. The molecule has 0 radical (unpaired) electrons. The van der Waals surface area contributed by atoms with Crippen LogP contribution in [0, 0.1) is 28.6 Å². The first kappa shape index (κ1) is 21.2. The van der Waals surface area contributed by atoms with Crippen molar-refractivity contribution in [1.29, 1.82) is 0 Å². The summed E-state index contributed by atoms with van der Waals surface area (Å²) in [7, 11) is 0. The van der Waals surface area contributed by atoms with Crippen LogP contribution < -0.4 is 0 Å². The molecule has 4 rings (SSSR count). The summed E-state index contributed by atoms with van der Waals surface area (Å²) in [5.74, 6) is -1.83. The van der Waals surface area contributed by atoms with Gasteiger partial charge in [0.1, 0.15) is 24.1 Å². The summed E-state index contributed by atoms with van der Waals surface area (Å²) in [5, 5.41) is 29.8. The minimum absolute atomic E-state index is 0.0301. The minimum atomic E-state index is -1.75. The zero-order valence-electron chi connectivity index (χ0n) is 17.2. The molecule has 0 aromatic heterocycles. The standard InChI is InChI=1S/C22H28O8/c1-20-9-15(25)18-13(14(20)5-6-22(20,29)16(26)10-23)4-3-11-7-12(24)8-17(21(11,18)2)30-19(27)28/h7,13-14,17-18,23,29H,3-6,8-10H2,1-2H3,(H,27,28)/t13-,14-,17?,18+,20-,21+,22-/m0/s1. The lowest BCUT2D eigenvalue weighted by atomic mass is 9.45. The number of ketones is 3. The molecular weight excluding hydrogens is 392 g/mol. The van der Waals surface area contributed by atoms with Crippen LogP contribution in [0.4, 0.5) is 4.79 Å². The topological polar surface area (TPSA) is 138 Å². The molecule has 8 heteroatoms. The molecule has 4 aliphatic rings. The van der Waals surface area contributed by atoms with Crippen molar-refractivity contribution in [2.24, 2.45) is 28.6 Å². The molecule has 0 aromatic carbocycles. The van der Waals surface area contributed by atoms with E-state index in [1.807, 2.05) is 6.92 Å². The summed E-state index contributed by atoms with van der Waals surface area (Å²) >= 11 is 0. The third-order valence-electron chi connectivity index (χ3n) is 8.74. The van der Waals surface area contributed by atoms with Crippen molar-refractivity contribution < 1.29 is 39.2 Å². The number of hydrogen-bond donors (Lipinski definition) is 3. The molecule has 30 heavy (non-hydrogen) atoms. The second kappa shape index (κ2) is 6.72. The highest BCUT2D eigenvalue weighted by atomic mass is 16.7. The smallest absolute Gasteiger partial charge is 0.450 e. The lowest BCUT2D eigenvalue weighted by Gasteiger charge is -2.58. The summed E-state index contributed by atoms with van der Waals surface area (Å²) in [4.78, 5) is 49.5. The fourth-order valence-electron chi connectivity index (χ4n) is 7.28. The van der Waals surface area contributed by atoms with Crippen LogP contribution in [0.2, 0.25) is 0 Å². The van der Waals surface area contributed by atoms with Gasteiger partial charge in [-0.2, -0.15) is 0 Å². The van der Waals surface area contributed by atoms with Gasteiger partial charge in [0.05, 0.1) is 0 Å². The summed E-state index contributed by atoms with van der Waals surface area (Å²) in [6, 6.07) is 0. The quantitative estimate of drug-likeness (QED) is 0.586. The average molecular weight is 420 g/mol. The van der Waals surface area contributed by atoms with Crippen LogP contribution in [0.3, 0.4) is 0 Å². The number of fused-ring (bicyclic) bond motifs is 5. The molecule has 4 aliphatic carbocycles. The van der Waals surface area contributed by atoms with Gasteiger partial charge >= 0.3 is 6.16 Å². The number of Topliss-reactive ketones (excluding diaryl/α,β-unsaturated/α-hetero) is 2. The average Bonchev–Trinajstić information content (AvgIpc) is 2.93. The van der Waals surface area contributed by atoms with E-state index in [9.17, 15) is 34.5 Å². The van der Waals surface area contributed by atoms with Crippen molar-refractivity contribution in [1.82, 2.24) is 0 Å². The third-order valence-corrected chi connectivity index (χ3v) is 8.74. The highest BCUT2D eigenvalue weighted by molar-refractivity contribution is 5.95. The van der Waals surface area contributed by atoms with Gasteiger partial charge in [-0.3, -0.25) is 14.4 Å². The van der Waals surface area contributed by atoms with Gasteiger partial charge in [0.15, 0.2) is 11.6 Å². The van der Waals surface area contributed by atoms with Crippen LogP contribution in [-0.4, -0.2) is 57.1 Å². The second-order valence-electron chi connectivity index (χ2n) is 9.82. The molecule has 0 bridgehead atoms. The van der Waals surface area contributed by atoms with Crippen LogP contribution in [-0.2, 0) is 19.1 Å². The van der Waals surface area contributed by atoms with E-state index in [1.165, 1.54) is 0 Å². The lowest BCUT2D eigenvalue weighted by molar-refractivity contribution is -0.175. The Kier molecular flexibility index (Phi) is 4.74. The first-order chi connectivity index (χ1) is 14.0.